The maximum Gasteiger partial charge on any atom is 0.335 e. The molecular formula is C22H17N3O3. The molecule has 138 valence electrons. The molecular weight excluding hydrogens is 354 g/mol. The van der Waals surface area contributed by atoms with Crippen LogP contribution in [0.1, 0.15) is 5.56 Å². The molecule has 1 aliphatic rings. The second kappa shape index (κ2) is 6.74. The molecule has 6 nitrogen and oxygen atoms in total. The van der Waals surface area contributed by atoms with Gasteiger partial charge in [0.25, 0.3) is 0 Å². The monoisotopic (exact) mass is 371 g/mol. The Kier molecular flexibility index (Phi) is 3.94. The van der Waals surface area contributed by atoms with Crippen molar-refractivity contribution in [2.75, 3.05) is 6.79 Å². The van der Waals surface area contributed by atoms with E-state index in [-0.39, 0.29) is 12.5 Å². The third-order valence-corrected chi connectivity index (χ3v) is 4.70. The Morgan fingerprint density at radius 2 is 1.86 bits per heavy atom. The fourth-order valence-corrected chi connectivity index (χ4v) is 3.38. The van der Waals surface area contributed by atoms with Gasteiger partial charge in [-0.25, -0.2) is 14.3 Å². The van der Waals surface area contributed by atoms with Crippen molar-refractivity contribution in [3.63, 3.8) is 0 Å². The van der Waals surface area contributed by atoms with Gasteiger partial charge in [0.15, 0.2) is 17.1 Å². The largest absolute Gasteiger partial charge is 0.454 e. The molecule has 6 heteroatoms. The minimum Gasteiger partial charge on any atom is -0.454 e. The quantitative estimate of drug-likeness (QED) is 0.550. The molecule has 1 aliphatic heterocycles. The van der Waals surface area contributed by atoms with E-state index in [0.29, 0.717) is 29.4 Å². The van der Waals surface area contributed by atoms with Crippen molar-refractivity contribution >= 4 is 17.2 Å². The summed E-state index contributed by atoms with van der Waals surface area (Å²) in [6.07, 6.45) is 5.68. The van der Waals surface area contributed by atoms with Crippen LogP contribution in [0.4, 0.5) is 0 Å². The summed E-state index contributed by atoms with van der Waals surface area (Å²) in [4.78, 5) is 17.7. The van der Waals surface area contributed by atoms with Gasteiger partial charge in [0.1, 0.15) is 0 Å². The van der Waals surface area contributed by atoms with Crippen LogP contribution in [-0.4, -0.2) is 20.9 Å². The Morgan fingerprint density at radius 1 is 1.00 bits per heavy atom. The number of fused-ring (bicyclic) bond motifs is 2. The van der Waals surface area contributed by atoms with Crippen molar-refractivity contribution in [3.8, 4) is 17.2 Å². The van der Waals surface area contributed by atoms with Gasteiger partial charge in [-0.3, -0.25) is 4.57 Å². The number of hydrogen-bond donors (Lipinski definition) is 0. The molecule has 28 heavy (non-hydrogen) atoms. The topological polar surface area (TPSA) is 58.3 Å². The van der Waals surface area contributed by atoms with Crippen LogP contribution in [-0.2, 0) is 6.54 Å². The average Bonchev–Trinajstić information content (AvgIpc) is 3.31. The predicted molar refractivity (Wildman–Crippen MR) is 107 cm³/mol. The van der Waals surface area contributed by atoms with Crippen LogP contribution in [0.25, 0.3) is 22.9 Å². The first-order valence-electron chi connectivity index (χ1n) is 8.99. The third-order valence-electron chi connectivity index (χ3n) is 4.70. The van der Waals surface area contributed by atoms with Crippen molar-refractivity contribution in [1.82, 2.24) is 14.1 Å². The molecule has 4 aromatic rings. The van der Waals surface area contributed by atoms with Crippen LogP contribution in [0, 0.1) is 0 Å². The molecule has 5 rings (SSSR count). The van der Waals surface area contributed by atoms with Crippen LogP contribution < -0.4 is 15.2 Å². The molecule has 0 fully saturated rings. The number of pyridine rings is 1. The van der Waals surface area contributed by atoms with Gasteiger partial charge >= 0.3 is 5.69 Å². The minimum atomic E-state index is -0.148. The molecule has 0 bridgehead atoms. The van der Waals surface area contributed by atoms with E-state index in [0.717, 1.165) is 11.1 Å². The second-order valence-electron chi connectivity index (χ2n) is 6.43. The lowest BCUT2D eigenvalue weighted by Crippen LogP contribution is -2.23. The molecule has 0 N–H and O–H groups in total. The Balaban J connectivity index is 1.59. The first-order valence-corrected chi connectivity index (χ1v) is 8.99. The van der Waals surface area contributed by atoms with Gasteiger partial charge in [-0.2, -0.15) is 0 Å². The lowest BCUT2D eigenvalue weighted by Gasteiger charge is -2.04. The number of rotatable bonds is 4. The van der Waals surface area contributed by atoms with E-state index in [9.17, 15) is 4.79 Å². The second-order valence-corrected chi connectivity index (χ2v) is 6.43. The molecule has 0 unspecified atom stereocenters. The van der Waals surface area contributed by atoms with Gasteiger partial charge < -0.3 is 9.47 Å². The van der Waals surface area contributed by atoms with Crippen molar-refractivity contribution in [1.29, 1.82) is 0 Å². The van der Waals surface area contributed by atoms with E-state index in [2.05, 4.69) is 4.98 Å². The lowest BCUT2D eigenvalue weighted by molar-refractivity contribution is 0.174. The molecule has 0 radical (unpaired) electrons. The van der Waals surface area contributed by atoms with Crippen molar-refractivity contribution in [2.24, 2.45) is 0 Å². The van der Waals surface area contributed by atoms with Gasteiger partial charge in [0.2, 0.25) is 6.79 Å². The first-order chi connectivity index (χ1) is 13.8. The van der Waals surface area contributed by atoms with E-state index in [1.54, 1.807) is 15.3 Å². The van der Waals surface area contributed by atoms with Gasteiger partial charge in [-0.1, -0.05) is 42.5 Å². The van der Waals surface area contributed by atoms with E-state index in [4.69, 9.17) is 9.47 Å². The number of nitrogens with zero attached hydrogens (tertiary/aromatic N) is 3. The number of hydrogen-bond acceptors (Lipinski definition) is 4. The Bertz CT molecular complexity index is 1240. The number of imidazole rings is 1. The lowest BCUT2D eigenvalue weighted by atomic mass is 10.2. The summed E-state index contributed by atoms with van der Waals surface area (Å²) in [7, 11) is 0. The van der Waals surface area contributed by atoms with Crippen LogP contribution >= 0.6 is 0 Å². The summed E-state index contributed by atoms with van der Waals surface area (Å²) >= 11 is 0. The Morgan fingerprint density at radius 3 is 2.75 bits per heavy atom. The summed E-state index contributed by atoms with van der Waals surface area (Å²) in [6, 6.07) is 19.2. The van der Waals surface area contributed by atoms with E-state index < -0.39 is 0 Å². The highest BCUT2D eigenvalue weighted by Crippen LogP contribution is 2.33. The smallest absolute Gasteiger partial charge is 0.335 e. The van der Waals surface area contributed by atoms with E-state index >= 15 is 0 Å². The van der Waals surface area contributed by atoms with Crippen molar-refractivity contribution in [2.45, 2.75) is 6.54 Å². The van der Waals surface area contributed by atoms with Gasteiger partial charge in [0.05, 0.1) is 11.2 Å². The minimum absolute atomic E-state index is 0.148. The molecule has 3 heterocycles. The fourth-order valence-electron chi connectivity index (χ4n) is 3.38. The SMILES string of the molecule is O=c1n(C/C=C/c2ccccc2)c2cccnc2n1-c1ccc2c(c1)OCO2. The van der Waals surface area contributed by atoms with Crippen molar-refractivity contribution in [3.05, 3.63) is 89.0 Å². The highest BCUT2D eigenvalue weighted by molar-refractivity contribution is 5.74. The third kappa shape index (κ3) is 2.75. The first kappa shape index (κ1) is 16.4. The summed E-state index contributed by atoms with van der Waals surface area (Å²) in [6.45, 7) is 0.644. The molecule has 0 atom stereocenters. The number of ether oxygens (including phenoxy) is 2. The summed E-state index contributed by atoms with van der Waals surface area (Å²) < 4.78 is 14.1. The Hall–Kier alpha value is -3.80. The molecule has 2 aromatic heterocycles. The normalized spacial score (nSPS) is 12.9. The van der Waals surface area contributed by atoms with Gasteiger partial charge in [0, 0.05) is 18.8 Å². The molecule has 0 amide bonds. The molecule has 0 spiro atoms. The number of allylic oxidation sites excluding steroid dienone is 1. The zero-order valence-corrected chi connectivity index (χ0v) is 15.0. The maximum absolute atomic E-state index is 13.2. The standard InChI is InChI=1S/C22H17N3O3/c26-22-24(13-5-8-16-6-2-1-3-7-16)18-9-4-12-23-21(18)25(22)17-10-11-19-20(14-17)28-15-27-19/h1-12,14H,13,15H2/b8-5+. The number of benzene rings is 2. The van der Waals surface area contributed by atoms with Gasteiger partial charge in [-0.15, -0.1) is 0 Å². The van der Waals surface area contributed by atoms with Gasteiger partial charge in [-0.05, 0) is 29.8 Å². The molecule has 0 saturated carbocycles. The Labute approximate surface area is 160 Å². The highest BCUT2D eigenvalue weighted by Gasteiger charge is 2.18. The zero-order valence-electron chi connectivity index (χ0n) is 15.0. The highest BCUT2D eigenvalue weighted by atomic mass is 16.7. The average molecular weight is 371 g/mol. The van der Waals surface area contributed by atoms with Crippen LogP contribution in [0.5, 0.6) is 11.5 Å². The van der Waals surface area contributed by atoms with E-state index in [1.807, 2.05) is 72.8 Å². The van der Waals surface area contributed by atoms with Crippen LogP contribution in [0.3, 0.4) is 0 Å². The molecule has 2 aromatic carbocycles. The predicted octanol–water partition coefficient (Wildman–Crippen LogP) is 3.63. The zero-order chi connectivity index (χ0) is 18.9. The van der Waals surface area contributed by atoms with Crippen LogP contribution in [0.15, 0.2) is 77.7 Å². The molecule has 0 saturated heterocycles. The maximum atomic E-state index is 13.2. The molecule has 0 aliphatic carbocycles. The fraction of sp³-hybridized carbons (Fsp3) is 0.0909. The van der Waals surface area contributed by atoms with E-state index in [1.165, 1.54) is 0 Å². The summed E-state index contributed by atoms with van der Waals surface area (Å²) in [5.74, 6) is 1.31. The van der Waals surface area contributed by atoms with Crippen LogP contribution in [0.2, 0.25) is 0 Å². The summed E-state index contributed by atoms with van der Waals surface area (Å²) in [5, 5.41) is 0. The van der Waals surface area contributed by atoms with Crippen molar-refractivity contribution < 1.29 is 9.47 Å². The summed E-state index contributed by atoms with van der Waals surface area (Å²) in [5.41, 5.74) is 3.03. The number of aromatic nitrogens is 3.